The number of aromatic hydroxyl groups is 1. The van der Waals surface area contributed by atoms with Gasteiger partial charge in [-0.25, -0.2) is 35.2 Å². The molecule has 1 amide bonds. The molecule has 0 aromatic heterocycles. The molecule has 3 fully saturated rings. The maximum Gasteiger partial charge on any atom is 0.339 e. The van der Waals surface area contributed by atoms with Crippen LogP contribution in [0.4, 0.5) is 27.6 Å². The first-order valence-corrected chi connectivity index (χ1v) is 16.3. The van der Waals surface area contributed by atoms with Crippen LogP contribution in [0.1, 0.15) is 67.9 Å². The predicted molar refractivity (Wildman–Crippen MR) is 161 cm³/mol. The third kappa shape index (κ3) is 6.45. The first-order chi connectivity index (χ1) is 21.9. The van der Waals surface area contributed by atoms with Crippen LogP contribution in [0.5, 0.6) is 5.75 Å². The van der Waals surface area contributed by atoms with Crippen molar-refractivity contribution in [3.63, 3.8) is 0 Å². The molecule has 0 unspecified atom stereocenters. The van der Waals surface area contributed by atoms with Gasteiger partial charge in [-0.1, -0.05) is 45.0 Å². The Morgan fingerprint density at radius 2 is 1.51 bits per heavy atom. The zero-order valence-corrected chi connectivity index (χ0v) is 26.6. The lowest BCUT2D eigenvalue weighted by Gasteiger charge is -2.50. The monoisotopic (exact) mass is 680 g/mol. The summed E-state index contributed by atoms with van der Waals surface area (Å²) in [7, 11) is -5.51. The average molecular weight is 681 g/mol. The van der Waals surface area contributed by atoms with E-state index in [1.807, 2.05) is 32.9 Å². The highest BCUT2D eigenvalue weighted by Gasteiger charge is 2.49. The number of carboxylic acid groups (broad SMARTS) is 1. The highest BCUT2D eigenvalue weighted by atomic mass is 32.2. The van der Waals surface area contributed by atoms with E-state index < -0.39 is 79.8 Å². The van der Waals surface area contributed by atoms with Gasteiger partial charge in [0, 0.05) is 17.8 Å². The SMILES string of the molecule is CC(C)(C)c1cccc(CN(C(=O)CN([C@@H]2CCC3CC2C3)S(=O)(=O)c2c(F)c(F)c(F)c(F)c2F)c2ccc(C(=O)O)c(O)c2)c1. The van der Waals surface area contributed by atoms with E-state index in [0.717, 1.165) is 22.6 Å². The number of rotatable bonds is 9. The molecule has 3 aromatic rings. The number of anilines is 1. The van der Waals surface area contributed by atoms with Gasteiger partial charge in [-0.15, -0.1) is 0 Å². The minimum atomic E-state index is -5.51. The van der Waals surface area contributed by atoms with Crippen molar-refractivity contribution in [2.24, 2.45) is 11.8 Å². The topological polar surface area (TPSA) is 115 Å². The summed E-state index contributed by atoms with van der Waals surface area (Å²) < 4.78 is 101. The van der Waals surface area contributed by atoms with E-state index in [4.69, 9.17) is 0 Å². The summed E-state index contributed by atoms with van der Waals surface area (Å²) in [6.45, 7) is 4.65. The highest BCUT2D eigenvalue weighted by Crippen LogP contribution is 2.48. The highest BCUT2D eigenvalue weighted by molar-refractivity contribution is 7.89. The summed E-state index contributed by atoms with van der Waals surface area (Å²) in [6.07, 6.45) is 1.86. The molecule has 47 heavy (non-hydrogen) atoms. The van der Waals surface area contributed by atoms with Gasteiger partial charge >= 0.3 is 5.97 Å². The zero-order valence-electron chi connectivity index (χ0n) is 25.7. The van der Waals surface area contributed by atoms with Crippen LogP contribution < -0.4 is 4.90 Å². The van der Waals surface area contributed by atoms with Crippen molar-refractivity contribution in [2.45, 2.75) is 69.4 Å². The Bertz CT molecular complexity index is 1820. The summed E-state index contributed by atoms with van der Waals surface area (Å²) in [5.41, 5.74) is 0.671. The number of hydrogen-bond acceptors (Lipinski definition) is 5. The van der Waals surface area contributed by atoms with Crippen LogP contribution in [-0.4, -0.2) is 47.4 Å². The molecule has 6 rings (SSSR count). The van der Waals surface area contributed by atoms with Gasteiger partial charge in [0.15, 0.2) is 28.2 Å². The molecule has 14 heteroatoms. The number of carbonyl (C=O) groups excluding carboxylic acids is 1. The van der Waals surface area contributed by atoms with Gasteiger partial charge in [0.25, 0.3) is 0 Å². The van der Waals surface area contributed by atoms with E-state index in [0.29, 0.717) is 35.0 Å². The maximum atomic E-state index is 15.0. The van der Waals surface area contributed by atoms with E-state index in [9.17, 15) is 50.2 Å². The van der Waals surface area contributed by atoms with E-state index in [-0.39, 0.29) is 30.0 Å². The number of aromatic carboxylic acids is 1. The quantitative estimate of drug-likeness (QED) is 0.152. The fourth-order valence-corrected chi connectivity index (χ4v) is 8.18. The Hall–Kier alpha value is -4.04. The third-order valence-electron chi connectivity index (χ3n) is 9.04. The zero-order chi connectivity index (χ0) is 34.6. The van der Waals surface area contributed by atoms with Crippen molar-refractivity contribution in [1.29, 1.82) is 0 Å². The van der Waals surface area contributed by atoms with Crippen molar-refractivity contribution in [3.05, 3.63) is 88.2 Å². The van der Waals surface area contributed by atoms with Gasteiger partial charge in [0.1, 0.15) is 11.3 Å². The lowest BCUT2D eigenvalue weighted by molar-refractivity contribution is -0.120. The molecule has 0 radical (unpaired) electrons. The molecule has 0 saturated heterocycles. The van der Waals surface area contributed by atoms with Gasteiger partial charge < -0.3 is 15.1 Å². The average Bonchev–Trinajstić information content (AvgIpc) is 2.99. The molecular formula is C33H33F5N2O6S. The number of hydrogen-bond donors (Lipinski definition) is 2. The standard InChI is InChI=1S/C33H33F5N2O6S/c1-33(2,3)20-6-4-5-18(13-20)15-39(21-8-9-22(32(43)44)24(41)14-21)25(42)16-40(23-10-7-17-11-19(23)12-17)47(45,46)31-29(37)27(35)26(34)28(36)30(31)38/h4-6,8-9,13-14,17,19,23,41H,7,10-12,15-16H2,1-3H3,(H,43,44)/t17?,19?,23-/m1/s1. The second kappa shape index (κ2) is 12.5. The number of carbonyl (C=O) groups is 2. The molecule has 252 valence electrons. The van der Waals surface area contributed by atoms with Crippen LogP contribution in [0.15, 0.2) is 47.4 Å². The number of nitrogens with zero attached hydrogens (tertiary/aromatic N) is 2. The van der Waals surface area contributed by atoms with Crippen molar-refractivity contribution in [1.82, 2.24) is 4.31 Å². The molecule has 3 aliphatic rings. The van der Waals surface area contributed by atoms with E-state index in [1.54, 1.807) is 12.1 Å². The van der Waals surface area contributed by atoms with Gasteiger partial charge in [-0.2, -0.15) is 4.31 Å². The van der Waals surface area contributed by atoms with E-state index >= 15 is 0 Å². The first-order valence-electron chi connectivity index (χ1n) is 14.9. The lowest BCUT2D eigenvalue weighted by Crippen LogP contribution is -2.55. The van der Waals surface area contributed by atoms with Crippen molar-refractivity contribution in [2.75, 3.05) is 11.4 Å². The molecule has 2 N–H and O–H groups in total. The number of halogens is 5. The predicted octanol–water partition coefficient (Wildman–Crippen LogP) is 6.50. The molecule has 0 spiro atoms. The fourth-order valence-electron chi connectivity index (χ4n) is 6.40. The number of benzene rings is 3. The molecule has 3 saturated carbocycles. The molecule has 3 aromatic carbocycles. The number of fused-ring (bicyclic) bond motifs is 2. The summed E-state index contributed by atoms with van der Waals surface area (Å²) in [6, 6.07) is 9.44. The normalized spacial score (nSPS) is 19.4. The van der Waals surface area contributed by atoms with Crippen LogP contribution in [0.25, 0.3) is 0 Å². The Morgan fingerprint density at radius 3 is 2.04 bits per heavy atom. The fraction of sp³-hybridized carbons (Fsp3) is 0.394. The molecule has 3 aliphatic carbocycles. The smallest absolute Gasteiger partial charge is 0.339 e. The van der Waals surface area contributed by atoms with Gasteiger partial charge in [0.05, 0.1) is 13.1 Å². The second-order valence-electron chi connectivity index (χ2n) is 13.1. The van der Waals surface area contributed by atoms with Gasteiger partial charge in [-0.3, -0.25) is 4.79 Å². The Balaban J connectivity index is 1.61. The third-order valence-corrected chi connectivity index (χ3v) is 10.9. The van der Waals surface area contributed by atoms with Gasteiger partial charge in [0.2, 0.25) is 21.7 Å². The number of carboxylic acids is 1. The summed E-state index contributed by atoms with van der Waals surface area (Å²) in [5, 5.41) is 19.8. The van der Waals surface area contributed by atoms with Crippen molar-refractivity contribution in [3.8, 4) is 5.75 Å². The first kappa shape index (κ1) is 34.3. The van der Waals surface area contributed by atoms with Crippen molar-refractivity contribution >= 4 is 27.6 Å². The van der Waals surface area contributed by atoms with E-state index in [1.165, 1.54) is 6.07 Å². The number of amides is 1. The lowest BCUT2D eigenvalue weighted by atomic mass is 9.63. The largest absolute Gasteiger partial charge is 0.507 e. The molecule has 0 aliphatic heterocycles. The van der Waals surface area contributed by atoms with Crippen LogP contribution in [0.3, 0.4) is 0 Å². The Kier molecular flexibility index (Phi) is 9.14. The summed E-state index contributed by atoms with van der Waals surface area (Å²) >= 11 is 0. The van der Waals surface area contributed by atoms with Gasteiger partial charge in [-0.05, 0) is 66.2 Å². The Morgan fingerprint density at radius 1 is 0.894 bits per heavy atom. The summed E-state index contributed by atoms with van der Waals surface area (Å²) in [5.74, 6) is -15.6. The number of phenols is 1. The number of sulfonamides is 1. The van der Waals surface area contributed by atoms with Crippen LogP contribution in [0.2, 0.25) is 0 Å². The molecule has 0 heterocycles. The van der Waals surface area contributed by atoms with Crippen molar-refractivity contribution < 1.29 is 50.2 Å². The molecule has 1 atom stereocenters. The summed E-state index contributed by atoms with van der Waals surface area (Å²) in [4.78, 5) is 24.8. The minimum Gasteiger partial charge on any atom is -0.507 e. The maximum absolute atomic E-state index is 15.0. The minimum absolute atomic E-state index is 0.0282. The Labute approximate surface area is 268 Å². The molecular weight excluding hydrogens is 647 g/mol. The molecule has 8 nitrogen and oxygen atoms in total. The second-order valence-corrected chi connectivity index (χ2v) is 15.0. The van der Waals surface area contributed by atoms with Crippen LogP contribution in [0, 0.1) is 40.9 Å². The van der Waals surface area contributed by atoms with E-state index in [2.05, 4.69) is 0 Å². The van der Waals surface area contributed by atoms with Crippen LogP contribution in [-0.2, 0) is 26.8 Å². The molecule has 2 bridgehead atoms. The van der Waals surface area contributed by atoms with Crippen LogP contribution >= 0.6 is 0 Å².